The Morgan fingerprint density at radius 1 is 1.22 bits per heavy atom. The molecule has 0 radical (unpaired) electrons. The van der Waals surface area contributed by atoms with E-state index in [-0.39, 0.29) is 29.7 Å². The lowest BCUT2D eigenvalue weighted by Gasteiger charge is -2.35. The van der Waals surface area contributed by atoms with Crippen LogP contribution in [0.3, 0.4) is 0 Å². The number of aryl methyl sites for hydroxylation is 1. The van der Waals surface area contributed by atoms with Crippen molar-refractivity contribution in [2.75, 3.05) is 39.8 Å². The highest BCUT2D eigenvalue weighted by Crippen LogP contribution is 2.13. The molecule has 12 heteroatoms. The van der Waals surface area contributed by atoms with Crippen LogP contribution >= 0.6 is 24.0 Å². The monoisotopic (exact) mass is 573 g/mol. The van der Waals surface area contributed by atoms with Crippen LogP contribution in [0.15, 0.2) is 46.4 Å². The second-order valence-electron chi connectivity index (χ2n) is 7.51. The summed E-state index contributed by atoms with van der Waals surface area (Å²) in [6.45, 7) is 4.72. The third kappa shape index (κ3) is 5.59. The number of hydrogen-bond donors (Lipinski definition) is 1. The Kier molecular flexibility index (Phi) is 8.11. The Hall–Kier alpha value is -2.19. The molecule has 0 atom stereocenters. The Morgan fingerprint density at radius 2 is 2.00 bits per heavy atom. The van der Waals surface area contributed by atoms with Crippen LogP contribution < -0.4 is 5.32 Å². The summed E-state index contributed by atoms with van der Waals surface area (Å²) in [6, 6.07) is 5.64. The van der Waals surface area contributed by atoms with E-state index in [2.05, 4.69) is 33.4 Å². The second kappa shape index (κ2) is 10.6. The zero-order valence-corrected chi connectivity index (χ0v) is 21.3. The predicted octanol–water partition coefficient (Wildman–Crippen LogP) is 1.51. The van der Waals surface area contributed by atoms with Crippen LogP contribution in [-0.2, 0) is 22.2 Å². The van der Waals surface area contributed by atoms with Crippen molar-refractivity contribution in [1.82, 2.24) is 29.1 Å². The normalized spacial score (nSPS) is 15.7. The van der Waals surface area contributed by atoms with E-state index in [1.54, 1.807) is 13.1 Å². The van der Waals surface area contributed by atoms with Gasteiger partial charge in [0.15, 0.2) is 5.96 Å². The lowest BCUT2D eigenvalue weighted by molar-refractivity contribution is 0.260. The minimum Gasteiger partial charge on any atom is -0.364 e. The number of imidazole rings is 1. The number of hydrogen-bond acceptors (Lipinski definition) is 6. The zero-order valence-electron chi connectivity index (χ0n) is 18.1. The van der Waals surface area contributed by atoms with Gasteiger partial charge in [0.2, 0.25) is 10.0 Å². The summed E-state index contributed by atoms with van der Waals surface area (Å²) >= 11 is 0. The highest BCUT2D eigenvalue weighted by atomic mass is 127. The number of pyridine rings is 1. The van der Waals surface area contributed by atoms with Crippen molar-refractivity contribution < 1.29 is 12.9 Å². The highest BCUT2D eigenvalue weighted by molar-refractivity contribution is 14.0. The molecular weight excluding hydrogens is 545 g/mol. The Bertz CT molecular complexity index is 1150. The maximum Gasteiger partial charge on any atom is 0.220 e. The minimum absolute atomic E-state index is 0. The van der Waals surface area contributed by atoms with Crippen molar-refractivity contribution in [1.29, 1.82) is 0 Å². The summed E-state index contributed by atoms with van der Waals surface area (Å²) in [6.07, 6.45) is 6.20. The topological polar surface area (TPSA) is 108 Å². The Balaban J connectivity index is 0.00000289. The van der Waals surface area contributed by atoms with E-state index in [4.69, 9.17) is 9.51 Å². The van der Waals surface area contributed by atoms with E-state index in [1.807, 2.05) is 22.9 Å². The fourth-order valence-corrected chi connectivity index (χ4v) is 5.15. The second-order valence-corrected chi connectivity index (χ2v) is 9.48. The molecule has 0 aromatic carbocycles. The molecule has 1 saturated heterocycles. The summed E-state index contributed by atoms with van der Waals surface area (Å²) in [4.78, 5) is 11.1. The number of fused-ring (bicyclic) bond motifs is 1. The first-order chi connectivity index (χ1) is 15.0. The molecule has 1 aliphatic rings. The molecule has 174 valence electrons. The number of rotatable bonds is 6. The molecule has 0 spiro atoms. The van der Waals surface area contributed by atoms with Crippen LogP contribution in [0.1, 0.15) is 17.0 Å². The van der Waals surface area contributed by atoms with Crippen LogP contribution in [0, 0.1) is 6.92 Å². The number of aliphatic imine (C=N–C) groups is 1. The molecule has 0 amide bonds. The number of aromatic nitrogens is 3. The van der Waals surface area contributed by atoms with E-state index in [0.29, 0.717) is 38.4 Å². The van der Waals surface area contributed by atoms with Gasteiger partial charge in [-0.05, 0) is 18.6 Å². The van der Waals surface area contributed by atoms with Crippen molar-refractivity contribution in [2.24, 2.45) is 4.99 Å². The molecule has 4 rings (SSSR count). The van der Waals surface area contributed by atoms with Crippen molar-refractivity contribution in [3.63, 3.8) is 0 Å². The van der Waals surface area contributed by atoms with Gasteiger partial charge in [-0.2, -0.15) is 4.31 Å². The van der Waals surface area contributed by atoms with E-state index in [9.17, 15) is 8.42 Å². The van der Waals surface area contributed by atoms with Gasteiger partial charge in [-0.3, -0.25) is 4.99 Å². The first-order valence-electron chi connectivity index (χ1n) is 10.2. The standard InChI is InChI=1S/C20H27N7O3S.HI/c1-16-4-3-8-26-14-17(23-19(16)26)5-7-22-20(21-2)25-9-11-27(12-10-25)31(28,29)15-18-6-13-30-24-18;/h3-4,6,8,13-14H,5,7,9-12,15H2,1-2H3,(H,21,22);1H. The van der Waals surface area contributed by atoms with Gasteiger partial charge in [-0.1, -0.05) is 11.2 Å². The maximum atomic E-state index is 12.6. The largest absolute Gasteiger partial charge is 0.364 e. The SMILES string of the molecule is CN=C(NCCc1cn2cccc(C)c2n1)N1CCN(S(=O)(=O)Cc2ccon2)CC1.I. The molecule has 0 unspecified atom stereocenters. The van der Waals surface area contributed by atoms with E-state index >= 15 is 0 Å². The van der Waals surface area contributed by atoms with Gasteiger partial charge in [0, 0.05) is 64.7 Å². The highest BCUT2D eigenvalue weighted by Gasteiger charge is 2.28. The number of nitrogens with one attached hydrogen (secondary N) is 1. The summed E-state index contributed by atoms with van der Waals surface area (Å²) in [5.41, 5.74) is 3.56. The van der Waals surface area contributed by atoms with Gasteiger partial charge < -0.3 is 19.1 Å². The number of halogens is 1. The van der Waals surface area contributed by atoms with Crippen LogP contribution in [0.5, 0.6) is 0 Å². The molecule has 1 aliphatic heterocycles. The smallest absolute Gasteiger partial charge is 0.220 e. The lowest BCUT2D eigenvalue weighted by Crippen LogP contribution is -2.54. The van der Waals surface area contributed by atoms with Crippen molar-refractivity contribution in [2.45, 2.75) is 19.1 Å². The summed E-state index contributed by atoms with van der Waals surface area (Å²) in [5, 5.41) is 7.08. The summed E-state index contributed by atoms with van der Waals surface area (Å²) < 4.78 is 33.5. The Morgan fingerprint density at radius 3 is 2.66 bits per heavy atom. The van der Waals surface area contributed by atoms with Crippen molar-refractivity contribution in [3.05, 3.63) is 53.8 Å². The van der Waals surface area contributed by atoms with E-state index in [0.717, 1.165) is 29.3 Å². The zero-order chi connectivity index (χ0) is 21.8. The van der Waals surface area contributed by atoms with Crippen LogP contribution in [0.4, 0.5) is 0 Å². The molecule has 4 heterocycles. The summed E-state index contributed by atoms with van der Waals surface area (Å²) in [5.74, 6) is 0.628. The fourth-order valence-electron chi connectivity index (χ4n) is 3.73. The first-order valence-corrected chi connectivity index (χ1v) is 11.8. The predicted molar refractivity (Wildman–Crippen MR) is 133 cm³/mol. The van der Waals surface area contributed by atoms with Gasteiger partial charge >= 0.3 is 0 Å². The maximum absolute atomic E-state index is 12.6. The van der Waals surface area contributed by atoms with Gasteiger partial charge in [-0.25, -0.2) is 13.4 Å². The average molecular weight is 573 g/mol. The fraction of sp³-hybridized carbons (Fsp3) is 0.450. The number of piperazine rings is 1. The number of guanidine groups is 1. The molecule has 10 nitrogen and oxygen atoms in total. The third-order valence-corrected chi connectivity index (χ3v) is 7.17. The molecule has 3 aromatic rings. The van der Waals surface area contributed by atoms with E-state index < -0.39 is 10.0 Å². The van der Waals surface area contributed by atoms with Gasteiger partial charge in [-0.15, -0.1) is 24.0 Å². The molecule has 0 saturated carbocycles. The molecule has 32 heavy (non-hydrogen) atoms. The summed E-state index contributed by atoms with van der Waals surface area (Å²) in [7, 11) is -1.68. The van der Waals surface area contributed by atoms with Crippen LogP contribution in [-0.4, -0.2) is 77.9 Å². The number of sulfonamides is 1. The lowest BCUT2D eigenvalue weighted by atomic mass is 10.3. The molecule has 3 aromatic heterocycles. The number of nitrogens with zero attached hydrogens (tertiary/aromatic N) is 6. The van der Waals surface area contributed by atoms with Crippen LogP contribution in [0.25, 0.3) is 5.65 Å². The van der Waals surface area contributed by atoms with Crippen LogP contribution in [0.2, 0.25) is 0 Å². The van der Waals surface area contributed by atoms with E-state index in [1.165, 1.54) is 10.6 Å². The first kappa shape index (κ1) is 24.5. The molecule has 1 N–H and O–H groups in total. The quantitative estimate of drug-likeness (QED) is 0.271. The van der Waals surface area contributed by atoms with Gasteiger partial charge in [0.25, 0.3) is 0 Å². The average Bonchev–Trinajstić information content (AvgIpc) is 3.41. The molecule has 0 bridgehead atoms. The van der Waals surface area contributed by atoms with Gasteiger partial charge in [0.1, 0.15) is 17.7 Å². The van der Waals surface area contributed by atoms with Crippen molar-refractivity contribution >= 4 is 45.6 Å². The molecule has 0 aliphatic carbocycles. The Labute approximate surface area is 204 Å². The van der Waals surface area contributed by atoms with Gasteiger partial charge in [0.05, 0.1) is 11.4 Å². The van der Waals surface area contributed by atoms with Crippen molar-refractivity contribution in [3.8, 4) is 0 Å². The molecular formula is C20H28IN7O3S. The minimum atomic E-state index is -3.42. The molecule has 1 fully saturated rings. The third-order valence-electron chi connectivity index (χ3n) is 5.36.